The van der Waals surface area contributed by atoms with Crippen LogP contribution in [0.2, 0.25) is 0 Å². The highest BCUT2D eigenvalue weighted by Crippen LogP contribution is 2.43. The monoisotopic (exact) mass is 1120 g/mol. The second-order valence-corrected chi connectivity index (χ2v) is 25.1. The van der Waals surface area contributed by atoms with Gasteiger partial charge >= 0.3 is 13.8 Å². The maximum absolute atomic E-state index is 13.6. The van der Waals surface area contributed by atoms with Crippen LogP contribution in [-0.4, -0.2) is 74.3 Å². The fourth-order valence-corrected chi connectivity index (χ4v) is 10.3. The summed E-state index contributed by atoms with van der Waals surface area (Å²) in [6.45, 7) is 7.00. The Kier molecular flexibility index (Phi) is 56.2. The van der Waals surface area contributed by atoms with E-state index >= 15 is 0 Å². The molecule has 78 heavy (non-hydrogen) atoms. The van der Waals surface area contributed by atoms with Gasteiger partial charge in [0.15, 0.2) is 0 Å². The second kappa shape index (κ2) is 57.9. The number of allylic oxidation sites excluding steroid dienone is 9. The second-order valence-electron chi connectivity index (χ2n) is 23.6. The largest absolute Gasteiger partial charge is 0.472 e. The van der Waals surface area contributed by atoms with Crippen molar-refractivity contribution in [1.29, 1.82) is 0 Å². The van der Waals surface area contributed by atoms with Crippen LogP contribution in [0.4, 0.5) is 0 Å². The zero-order valence-corrected chi connectivity index (χ0v) is 53.1. The molecule has 0 aliphatic heterocycles. The maximum atomic E-state index is 13.6. The molecule has 9 nitrogen and oxygen atoms in total. The summed E-state index contributed by atoms with van der Waals surface area (Å²) >= 11 is 0. The number of carbonyl (C=O) groups is 2. The van der Waals surface area contributed by atoms with Crippen molar-refractivity contribution in [1.82, 2.24) is 5.32 Å². The first-order chi connectivity index (χ1) is 37.9. The Labute approximate surface area is 483 Å². The van der Waals surface area contributed by atoms with Crippen molar-refractivity contribution in [3.63, 3.8) is 0 Å². The number of nitrogens with zero attached hydrogens (tertiary/aromatic N) is 1. The number of likely N-dealkylation sites (N-methyl/N-ethyl adjacent to an activating group) is 1. The predicted octanol–water partition coefficient (Wildman–Crippen LogP) is 20.6. The third-order valence-corrected chi connectivity index (χ3v) is 15.7. The molecule has 0 radical (unpaired) electrons. The summed E-state index contributed by atoms with van der Waals surface area (Å²) in [5.74, 6) is -0.512. The lowest BCUT2D eigenvalue weighted by atomic mass is 10.0. The number of esters is 1. The molecule has 0 rings (SSSR count). The van der Waals surface area contributed by atoms with Gasteiger partial charge in [0.25, 0.3) is 0 Å². The van der Waals surface area contributed by atoms with E-state index in [1.54, 1.807) is 0 Å². The first-order valence-corrected chi connectivity index (χ1v) is 34.6. The molecule has 0 saturated carbocycles. The molecule has 456 valence electrons. The van der Waals surface area contributed by atoms with Crippen LogP contribution < -0.4 is 5.32 Å². The molecule has 0 fully saturated rings. The Hall–Kier alpha value is -2.29. The SMILES string of the molecule is CCCCC/C=C\C/C=C\C/C=C\CCCCCCCCC(=O)NC(COP(=O)(O)OCC[N+](C)(C)C)C(/C=C/CCCCCCCCCCCC)OC(=O)CCCCCCCCCCCCC/C=C/CCCCCCCC. The van der Waals surface area contributed by atoms with Crippen molar-refractivity contribution in [2.75, 3.05) is 40.9 Å². The number of carbonyl (C=O) groups excluding carboxylic acids is 2. The average molecular weight is 1120 g/mol. The van der Waals surface area contributed by atoms with E-state index in [0.29, 0.717) is 17.4 Å². The van der Waals surface area contributed by atoms with Crippen molar-refractivity contribution in [3.8, 4) is 0 Å². The Bertz CT molecular complexity index is 1520. The molecule has 10 heteroatoms. The van der Waals surface area contributed by atoms with Crippen LogP contribution in [0.3, 0.4) is 0 Å². The third kappa shape index (κ3) is 58.4. The number of quaternary nitrogens is 1. The molecule has 0 aliphatic carbocycles. The summed E-state index contributed by atoms with van der Waals surface area (Å²) in [7, 11) is 1.49. The smallest absolute Gasteiger partial charge is 0.456 e. The first kappa shape index (κ1) is 75.7. The molecular weight excluding hydrogens is 988 g/mol. The molecule has 0 aromatic rings. The van der Waals surface area contributed by atoms with Gasteiger partial charge in [-0.3, -0.25) is 18.6 Å². The van der Waals surface area contributed by atoms with Gasteiger partial charge < -0.3 is 19.4 Å². The number of phosphoric acid groups is 1. The minimum absolute atomic E-state index is 0.0367. The molecular formula is C68H128N2O7P+. The summed E-state index contributed by atoms with van der Waals surface area (Å²) in [6, 6.07) is -0.856. The quantitative estimate of drug-likeness (QED) is 0.0205. The van der Waals surface area contributed by atoms with E-state index < -0.39 is 20.0 Å². The molecule has 3 unspecified atom stereocenters. The van der Waals surface area contributed by atoms with Crippen LogP contribution in [-0.2, 0) is 27.9 Å². The summed E-state index contributed by atoms with van der Waals surface area (Å²) in [5, 5.41) is 3.06. The van der Waals surface area contributed by atoms with Gasteiger partial charge in [-0.05, 0) is 96.0 Å². The third-order valence-electron chi connectivity index (χ3n) is 14.7. The topological polar surface area (TPSA) is 111 Å². The number of unbranched alkanes of at least 4 members (excludes halogenated alkanes) is 36. The Morgan fingerprint density at radius 3 is 1.21 bits per heavy atom. The minimum atomic E-state index is -4.45. The fraction of sp³-hybridized carbons (Fsp3) is 0.824. The van der Waals surface area contributed by atoms with Crippen molar-refractivity contribution in [2.24, 2.45) is 0 Å². The van der Waals surface area contributed by atoms with Gasteiger partial charge in [0.05, 0.1) is 33.8 Å². The molecule has 0 aromatic carbocycles. The van der Waals surface area contributed by atoms with Crippen molar-refractivity contribution in [2.45, 2.75) is 322 Å². The van der Waals surface area contributed by atoms with E-state index in [1.165, 1.54) is 193 Å². The number of amides is 1. The number of ether oxygens (including phenoxy) is 1. The molecule has 0 aliphatic rings. The minimum Gasteiger partial charge on any atom is -0.456 e. The molecule has 2 N–H and O–H groups in total. The average Bonchev–Trinajstić information content (AvgIpc) is 3.40. The maximum Gasteiger partial charge on any atom is 0.472 e. The first-order valence-electron chi connectivity index (χ1n) is 33.1. The Balaban J connectivity index is 5.19. The lowest BCUT2D eigenvalue weighted by molar-refractivity contribution is -0.870. The molecule has 0 heterocycles. The van der Waals surface area contributed by atoms with Gasteiger partial charge in [0.1, 0.15) is 19.3 Å². The van der Waals surface area contributed by atoms with Gasteiger partial charge in [-0.1, -0.05) is 262 Å². The zero-order chi connectivity index (χ0) is 57.2. The van der Waals surface area contributed by atoms with Crippen LogP contribution in [0.15, 0.2) is 60.8 Å². The summed E-state index contributed by atoms with van der Waals surface area (Å²) in [5.41, 5.74) is 0. The van der Waals surface area contributed by atoms with Crippen molar-refractivity contribution >= 4 is 19.7 Å². The number of hydrogen-bond donors (Lipinski definition) is 2. The van der Waals surface area contributed by atoms with Crippen LogP contribution in [0.25, 0.3) is 0 Å². The Morgan fingerprint density at radius 1 is 0.449 bits per heavy atom. The highest BCUT2D eigenvalue weighted by atomic mass is 31.2. The summed E-state index contributed by atoms with van der Waals surface area (Å²) in [6.07, 6.45) is 73.6. The molecule has 0 spiro atoms. The van der Waals surface area contributed by atoms with Gasteiger partial charge in [-0.25, -0.2) is 4.57 Å². The van der Waals surface area contributed by atoms with Crippen molar-refractivity contribution < 1.29 is 37.3 Å². The molecule has 1 amide bonds. The lowest BCUT2D eigenvalue weighted by Gasteiger charge is -2.27. The van der Waals surface area contributed by atoms with E-state index in [-0.39, 0.29) is 31.5 Å². The van der Waals surface area contributed by atoms with E-state index in [1.807, 2.05) is 33.3 Å². The highest BCUT2D eigenvalue weighted by Gasteiger charge is 2.30. The van der Waals surface area contributed by atoms with Crippen LogP contribution in [0, 0.1) is 0 Å². The molecule has 0 saturated heterocycles. The number of nitrogens with one attached hydrogen (secondary N) is 1. The van der Waals surface area contributed by atoms with E-state index in [4.69, 9.17) is 13.8 Å². The number of phosphoric ester groups is 1. The van der Waals surface area contributed by atoms with Gasteiger partial charge in [0.2, 0.25) is 5.91 Å². The van der Waals surface area contributed by atoms with Crippen LogP contribution in [0.1, 0.15) is 310 Å². The zero-order valence-electron chi connectivity index (χ0n) is 52.2. The van der Waals surface area contributed by atoms with Gasteiger partial charge in [-0.15, -0.1) is 0 Å². The Morgan fingerprint density at radius 2 is 0.782 bits per heavy atom. The number of rotatable bonds is 60. The molecule has 3 atom stereocenters. The van der Waals surface area contributed by atoms with E-state index in [0.717, 1.165) is 83.5 Å². The van der Waals surface area contributed by atoms with E-state index in [9.17, 15) is 19.0 Å². The number of hydrogen-bond acceptors (Lipinski definition) is 6. The van der Waals surface area contributed by atoms with Gasteiger partial charge in [0, 0.05) is 12.8 Å². The van der Waals surface area contributed by atoms with Gasteiger partial charge in [-0.2, -0.15) is 0 Å². The van der Waals surface area contributed by atoms with Crippen molar-refractivity contribution in [3.05, 3.63) is 60.8 Å². The molecule has 0 aromatic heterocycles. The van der Waals surface area contributed by atoms with Crippen LogP contribution >= 0.6 is 7.82 Å². The highest BCUT2D eigenvalue weighted by molar-refractivity contribution is 7.47. The summed E-state index contributed by atoms with van der Waals surface area (Å²) < 4.78 is 30.8. The normalized spacial score (nSPS) is 14.0. The molecule has 0 bridgehead atoms. The fourth-order valence-electron chi connectivity index (χ4n) is 9.53. The lowest BCUT2D eigenvalue weighted by Crippen LogP contribution is -2.47. The van der Waals surface area contributed by atoms with Crippen LogP contribution in [0.5, 0.6) is 0 Å². The van der Waals surface area contributed by atoms with E-state index in [2.05, 4.69) is 74.7 Å². The standard InChI is InChI=1S/C68H127N2O7P/c1-7-10-13-16-19-22-25-28-30-32-34-35-37-39-41-43-46-49-52-55-58-61-68(72)77-66(59-56-53-50-47-44-27-24-21-18-15-12-9-3)65(64-76-78(73,74)75-63-62-70(4,5)6)69-67(71)60-57-54-51-48-45-42-40-38-36-33-31-29-26-23-20-17-14-11-8-2/h20,23,28-31,36,38,56,59,65-66H,7-19,21-22,24-27,32-35,37,39-55,57-58,60-64H2,1-6H3,(H-,69,71,73,74)/p+1/b23-20-,30-28+,31-29-,38-36-,59-56+. The summed E-state index contributed by atoms with van der Waals surface area (Å²) in [4.78, 5) is 37.8. The predicted molar refractivity (Wildman–Crippen MR) is 337 cm³/mol.